The second kappa shape index (κ2) is 7.37. The monoisotopic (exact) mass is 293 g/mol. The Hall–Kier alpha value is -1.93. The first kappa shape index (κ1) is 15.0. The molecule has 1 unspecified atom stereocenters. The maximum absolute atomic E-state index is 13.1. The fourth-order valence-corrected chi connectivity index (χ4v) is 3.28. The van der Waals surface area contributed by atoms with E-state index in [1.54, 1.807) is 0 Å². The first-order chi connectivity index (χ1) is 10.9. The summed E-state index contributed by atoms with van der Waals surface area (Å²) in [6.07, 6.45) is 4.92. The van der Waals surface area contributed by atoms with Crippen molar-refractivity contribution < 1.29 is 4.79 Å². The fraction of sp³-hybridized carbons (Fsp3) is 0.350. The van der Waals surface area contributed by atoms with E-state index >= 15 is 0 Å². The lowest BCUT2D eigenvalue weighted by Gasteiger charge is -2.30. The predicted molar refractivity (Wildman–Crippen MR) is 90.0 cm³/mol. The van der Waals surface area contributed by atoms with Crippen LogP contribution in [0.2, 0.25) is 0 Å². The maximum atomic E-state index is 13.1. The molecule has 0 bridgehead atoms. The number of ketones is 1. The van der Waals surface area contributed by atoms with Gasteiger partial charge in [0.2, 0.25) is 0 Å². The number of Topliss-reactive ketones (excluding diaryl/α,β-unsaturated/α-hetero) is 1. The van der Waals surface area contributed by atoms with Gasteiger partial charge in [-0.3, -0.25) is 9.69 Å². The van der Waals surface area contributed by atoms with Crippen LogP contribution in [0.15, 0.2) is 60.7 Å². The van der Waals surface area contributed by atoms with Gasteiger partial charge >= 0.3 is 0 Å². The van der Waals surface area contributed by atoms with E-state index in [9.17, 15) is 4.79 Å². The minimum atomic E-state index is -0.151. The van der Waals surface area contributed by atoms with Gasteiger partial charge in [-0.2, -0.15) is 0 Å². The Morgan fingerprint density at radius 1 is 0.773 bits per heavy atom. The van der Waals surface area contributed by atoms with Crippen LogP contribution < -0.4 is 0 Å². The number of hydrogen-bond acceptors (Lipinski definition) is 2. The van der Waals surface area contributed by atoms with Crippen molar-refractivity contribution in [1.82, 2.24) is 4.90 Å². The topological polar surface area (TPSA) is 20.3 Å². The van der Waals surface area contributed by atoms with E-state index in [0.29, 0.717) is 0 Å². The van der Waals surface area contributed by atoms with Crippen molar-refractivity contribution in [2.75, 3.05) is 13.1 Å². The normalized spacial score (nSPS) is 17.6. The minimum absolute atomic E-state index is 0.151. The van der Waals surface area contributed by atoms with E-state index in [0.717, 1.165) is 24.2 Å². The number of carbonyl (C=O) groups is 1. The average Bonchev–Trinajstić information content (AvgIpc) is 2.86. The van der Waals surface area contributed by atoms with Gasteiger partial charge in [0, 0.05) is 5.56 Å². The average molecular weight is 293 g/mol. The molecule has 1 atom stereocenters. The standard InChI is InChI=1S/C20H23NO/c22-20(18-13-7-4-8-14-18)19(17-11-5-3-6-12-17)21-15-9-1-2-10-16-21/h3-8,11-14,19H,1-2,9-10,15-16H2. The van der Waals surface area contributed by atoms with Crippen LogP contribution in [0.1, 0.15) is 47.6 Å². The second-order valence-electron chi connectivity index (χ2n) is 5.99. The first-order valence-corrected chi connectivity index (χ1v) is 8.24. The van der Waals surface area contributed by atoms with E-state index in [-0.39, 0.29) is 11.8 Å². The van der Waals surface area contributed by atoms with Crippen LogP contribution in [-0.2, 0) is 0 Å². The van der Waals surface area contributed by atoms with Crippen LogP contribution in [0.4, 0.5) is 0 Å². The lowest BCUT2D eigenvalue weighted by atomic mass is 9.95. The highest BCUT2D eigenvalue weighted by molar-refractivity contribution is 6.00. The number of rotatable bonds is 4. The molecular formula is C20H23NO. The van der Waals surface area contributed by atoms with Crippen molar-refractivity contribution >= 4 is 5.78 Å². The van der Waals surface area contributed by atoms with Crippen molar-refractivity contribution in [2.45, 2.75) is 31.7 Å². The van der Waals surface area contributed by atoms with Crippen LogP contribution in [0.5, 0.6) is 0 Å². The first-order valence-electron chi connectivity index (χ1n) is 8.24. The molecule has 3 rings (SSSR count). The van der Waals surface area contributed by atoms with Crippen LogP contribution in [-0.4, -0.2) is 23.8 Å². The van der Waals surface area contributed by atoms with Gasteiger partial charge in [0.1, 0.15) is 0 Å². The zero-order valence-corrected chi connectivity index (χ0v) is 12.9. The number of hydrogen-bond donors (Lipinski definition) is 0. The van der Waals surface area contributed by atoms with Crippen LogP contribution in [0, 0.1) is 0 Å². The molecule has 0 aliphatic carbocycles. The summed E-state index contributed by atoms with van der Waals surface area (Å²) in [5.41, 5.74) is 1.92. The predicted octanol–water partition coefficient (Wildman–Crippen LogP) is 4.49. The molecule has 0 spiro atoms. The van der Waals surface area contributed by atoms with Crippen molar-refractivity contribution in [2.24, 2.45) is 0 Å². The van der Waals surface area contributed by atoms with Crippen LogP contribution >= 0.6 is 0 Å². The van der Waals surface area contributed by atoms with Gasteiger partial charge in [-0.25, -0.2) is 0 Å². The molecule has 0 amide bonds. The van der Waals surface area contributed by atoms with Crippen molar-refractivity contribution in [3.63, 3.8) is 0 Å². The summed E-state index contributed by atoms with van der Waals surface area (Å²) in [5, 5.41) is 0. The van der Waals surface area contributed by atoms with E-state index in [4.69, 9.17) is 0 Å². The number of nitrogens with zero attached hydrogens (tertiary/aromatic N) is 1. The summed E-state index contributed by atoms with van der Waals surface area (Å²) in [5.74, 6) is 0.216. The van der Waals surface area contributed by atoms with Gasteiger partial charge in [-0.1, -0.05) is 73.5 Å². The summed E-state index contributed by atoms with van der Waals surface area (Å²) in [7, 11) is 0. The van der Waals surface area contributed by atoms with E-state index in [2.05, 4.69) is 17.0 Å². The summed E-state index contributed by atoms with van der Waals surface area (Å²) >= 11 is 0. The highest BCUT2D eigenvalue weighted by Crippen LogP contribution is 2.27. The summed E-state index contributed by atoms with van der Waals surface area (Å²) in [6, 6.07) is 19.8. The molecule has 0 N–H and O–H groups in total. The third kappa shape index (κ3) is 3.45. The maximum Gasteiger partial charge on any atom is 0.184 e. The van der Waals surface area contributed by atoms with E-state index in [1.807, 2.05) is 48.5 Å². The van der Waals surface area contributed by atoms with E-state index < -0.39 is 0 Å². The minimum Gasteiger partial charge on any atom is -0.292 e. The highest BCUT2D eigenvalue weighted by atomic mass is 16.1. The Morgan fingerprint density at radius 2 is 1.32 bits per heavy atom. The van der Waals surface area contributed by atoms with Gasteiger partial charge in [0.05, 0.1) is 6.04 Å². The SMILES string of the molecule is O=C(c1ccccc1)C(c1ccccc1)N1CCCCCC1. The summed E-state index contributed by atoms with van der Waals surface area (Å²) in [4.78, 5) is 15.5. The molecule has 0 radical (unpaired) electrons. The van der Waals surface area contributed by atoms with Crippen molar-refractivity contribution in [3.8, 4) is 0 Å². The van der Waals surface area contributed by atoms with Crippen LogP contribution in [0.25, 0.3) is 0 Å². The zero-order valence-electron chi connectivity index (χ0n) is 12.9. The van der Waals surface area contributed by atoms with Gasteiger partial charge in [0.15, 0.2) is 5.78 Å². The van der Waals surface area contributed by atoms with Gasteiger partial charge < -0.3 is 0 Å². The Balaban J connectivity index is 1.94. The highest BCUT2D eigenvalue weighted by Gasteiger charge is 2.28. The van der Waals surface area contributed by atoms with Crippen molar-refractivity contribution in [3.05, 3.63) is 71.8 Å². The van der Waals surface area contributed by atoms with Gasteiger partial charge in [-0.15, -0.1) is 0 Å². The summed E-state index contributed by atoms with van der Waals surface area (Å²) < 4.78 is 0. The smallest absolute Gasteiger partial charge is 0.184 e. The van der Waals surface area contributed by atoms with Crippen LogP contribution in [0.3, 0.4) is 0 Å². The van der Waals surface area contributed by atoms with E-state index in [1.165, 1.54) is 25.7 Å². The number of likely N-dealkylation sites (tertiary alicyclic amines) is 1. The molecule has 1 saturated heterocycles. The molecule has 1 fully saturated rings. The van der Waals surface area contributed by atoms with Gasteiger partial charge in [-0.05, 0) is 31.5 Å². The number of carbonyl (C=O) groups excluding carboxylic acids is 1. The Morgan fingerprint density at radius 3 is 1.91 bits per heavy atom. The lowest BCUT2D eigenvalue weighted by Crippen LogP contribution is -2.35. The third-order valence-electron chi connectivity index (χ3n) is 4.43. The molecule has 2 heteroatoms. The molecular weight excluding hydrogens is 270 g/mol. The number of benzene rings is 2. The molecule has 2 aromatic rings. The Bertz CT molecular complexity index is 586. The third-order valence-corrected chi connectivity index (χ3v) is 4.43. The quantitative estimate of drug-likeness (QED) is 0.774. The second-order valence-corrected chi connectivity index (χ2v) is 5.99. The van der Waals surface area contributed by atoms with Gasteiger partial charge in [0.25, 0.3) is 0 Å². The molecule has 0 aromatic heterocycles. The Labute approximate surface area is 132 Å². The fourth-order valence-electron chi connectivity index (χ4n) is 3.28. The molecule has 1 aliphatic rings. The molecule has 0 saturated carbocycles. The molecule has 2 aromatic carbocycles. The molecule has 1 aliphatic heterocycles. The Kier molecular flexibility index (Phi) is 5.02. The largest absolute Gasteiger partial charge is 0.292 e. The zero-order chi connectivity index (χ0) is 15.2. The molecule has 22 heavy (non-hydrogen) atoms. The molecule has 2 nitrogen and oxygen atoms in total. The van der Waals surface area contributed by atoms with Crippen molar-refractivity contribution in [1.29, 1.82) is 0 Å². The summed E-state index contributed by atoms with van der Waals surface area (Å²) in [6.45, 7) is 2.02. The molecule has 114 valence electrons. The molecule has 1 heterocycles. The lowest BCUT2D eigenvalue weighted by molar-refractivity contribution is 0.0821.